The summed E-state index contributed by atoms with van der Waals surface area (Å²) in [4.78, 5) is 12.3. The lowest BCUT2D eigenvalue weighted by atomic mass is 10.0. The minimum Gasteiger partial charge on any atom is -0.496 e. The molecule has 0 bridgehead atoms. The number of para-hydroxylation sites is 1. The van der Waals surface area contributed by atoms with Crippen molar-refractivity contribution < 1.29 is 9.53 Å². The second-order valence-electron chi connectivity index (χ2n) is 7.27. The Morgan fingerprint density at radius 2 is 1.90 bits per heavy atom. The van der Waals surface area contributed by atoms with Crippen LogP contribution in [0.4, 0.5) is 5.69 Å². The van der Waals surface area contributed by atoms with Gasteiger partial charge in [-0.1, -0.05) is 42.1 Å². The Morgan fingerprint density at radius 3 is 2.63 bits per heavy atom. The van der Waals surface area contributed by atoms with Gasteiger partial charge >= 0.3 is 0 Å². The summed E-state index contributed by atoms with van der Waals surface area (Å²) in [5.41, 5.74) is 4.33. The monoisotopic (exact) mass is 424 g/mol. The van der Waals surface area contributed by atoms with E-state index in [1.165, 1.54) is 17.3 Å². The number of methoxy groups -OCH3 is 1. The van der Waals surface area contributed by atoms with Gasteiger partial charge in [0.2, 0.25) is 5.91 Å². The number of benzene rings is 2. The van der Waals surface area contributed by atoms with Gasteiger partial charge < -0.3 is 14.6 Å². The summed E-state index contributed by atoms with van der Waals surface area (Å²) in [6.45, 7) is 4.04. The minimum absolute atomic E-state index is 0.0475. The van der Waals surface area contributed by atoms with E-state index in [4.69, 9.17) is 4.74 Å². The van der Waals surface area contributed by atoms with Crippen molar-refractivity contribution in [1.82, 2.24) is 14.8 Å². The van der Waals surface area contributed by atoms with Crippen molar-refractivity contribution in [3.05, 3.63) is 65.0 Å². The summed E-state index contributed by atoms with van der Waals surface area (Å²) in [6, 6.07) is 14.0. The lowest BCUT2D eigenvalue weighted by Gasteiger charge is -2.08. The molecule has 0 radical (unpaired) electrons. The molecule has 1 heterocycles. The highest BCUT2D eigenvalue weighted by atomic mass is 32.2. The molecular weight excluding hydrogens is 396 g/mol. The van der Waals surface area contributed by atoms with E-state index in [0.717, 1.165) is 52.8 Å². The average Bonchev–Trinajstić information content (AvgIpc) is 3.08. The maximum atomic E-state index is 12.3. The van der Waals surface area contributed by atoms with E-state index in [9.17, 15) is 4.79 Å². The van der Waals surface area contributed by atoms with E-state index in [2.05, 4.69) is 34.6 Å². The Morgan fingerprint density at radius 1 is 1.10 bits per heavy atom. The number of hydrogen-bond acceptors (Lipinski definition) is 5. The third-order valence-corrected chi connectivity index (χ3v) is 6.02. The van der Waals surface area contributed by atoms with Gasteiger partial charge in [0.05, 0.1) is 12.9 Å². The minimum atomic E-state index is -0.0475. The number of anilines is 1. The lowest BCUT2D eigenvalue weighted by molar-refractivity contribution is -0.113. The number of amides is 1. The van der Waals surface area contributed by atoms with Gasteiger partial charge in [0.15, 0.2) is 5.16 Å². The first-order chi connectivity index (χ1) is 14.5. The highest BCUT2D eigenvalue weighted by Gasteiger charge is 2.12. The SMILES string of the molecule is COc1ccc(CCCc2nnc(SCC(=O)Nc3ccccc3C)n2C)cc1C. The molecule has 1 amide bonds. The van der Waals surface area contributed by atoms with Crippen molar-refractivity contribution in [2.45, 2.75) is 38.3 Å². The lowest BCUT2D eigenvalue weighted by Crippen LogP contribution is -2.15. The van der Waals surface area contributed by atoms with E-state index in [0.29, 0.717) is 5.75 Å². The third-order valence-electron chi connectivity index (χ3n) is 5.00. The van der Waals surface area contributed by atoms with Crippen LogP contribution in [0.15, 0.2) is 47.6 Å². The molecule has 7 heteroatoms. The smallest absolute Gasteiger partial charge is 0.234 e. The topological polar surface area (TPSA) is 69.0 Å². The summed E-state index contributed by atoms with van der Waals surface area (Å²) in [5.74, 6) is 2.10. The number of hydrogen-bond donors (Lipinski definition) is 1. The quantitative estimate of drug-likeness (QED) is 0.517. The van der Waals surface area contributed by atoms with Crippen molar-refractivity contribution in [3.8, 4) is 5.75 Å². The van der Waals surface area contributed by atoms with Crippen LogP contribution in [0.2, 0.25) is 0 Å². The van der Waals surface area contributed by atoms with E-state index in [1.54, 1.807) is 7.11 Å². The van der Waals surface area contributed by atoms with Crippen molar-refractivity contribution in [2.75, 3.05) is 18.2 Å². The highest BCUT2D eigenvalue weighted by Crippen LogP contribution is 2.21. The first kappa shape index (κ1) is 21.9. The number of ether oxygens (including phenoxy) is 1. The van der Waals surface area contributed by atoms with Crippen LogP contribution in [0.3, 0.4) is 0 Å². The van der Waals surface area contributed by atoms with Gasteiger partial charge in [-0.2, -0.15) is 0 Å². The average molecular weight is 425 g/mol. The van der Waals surface area contributed by atoms with Crippen LogP contribution in [0.5, 0.6) is 5.75 Å². The number of rotatable bonds is 9. The van der Waals surface area contributed by atoms with E-state index in [-0.39, 0.29) is 5.91 Å². The summed E-state index contributed by atoms with van der Waals surface area (Å²) in [6.07, 6.45) is 2.79. The third kappa shape index (κ3) is 5.63. The van der Waals surface area contributed by atoms with Crippen LogP contribution in [0, 0.1) is 13.8 Å². The number of carbonyl (C=O) groups is 1. The number of thioether (sulfide) groups is 1. The molecular formula is C23H28N4O2S. The molecule has 0 atom stereocenters. The normalized spacial score (nSPS) is 10.8. The molecule has 6 nitrogen and oxygen atoms in total. The molecule has 0 saturated heterocycles. The maximum Gasteiger partial charge on any atom is 0.234 e. The fraction of sp³-hybridized carbons (Fsp3) is 0.348. The predicted octanol–water partition coefficient (Wildman–Crippen LogP) is 4.35. The number of aryl methyl sites for hydroxylation is 4. The molecule has 2 aromatic carbocycles. The molecule has 1 aromatic heterocycles. The largest absolute Gasteiger partial charge is 0.496 e. The second kappa shape index (κ2) is 10.3. The van der Waals surface area contributed by atoms with Gasteiger partial charge in [-0.25, -0.2) is 0 Å². The van der Waals surface area contributed by atoms with Gasteiger partial charge in [-0.05, 0) is 55.5 Å². The van der Waals surface area contributed by atoms with Gasteiger partial charge in [-0.15, -0.1) is 10.2 Å². The number of carbonyl (C=O) groups excluding carboxylic acids is 1. The Balaban J connectivity index is 1.49. The molecule has 3 aromatic rings. The Labute approximate surface area is 182 Å². The molecule has 0 aliphatic heterocycles. The molecule has 0 unspecified atom stereocenters. The van der Waals surface area contributed by atoms with Crippen LogP contribution in [0.1, 0.15) is 28.9 Å². The van der Waals surface area contributed by atoms with Gasteiger partial charge in [0.1, 0.15) is 11.6 Å². The summed E-state index contributed by atoms with van der Waals surface area (Å²) in [5, 5.41) is 12.3. The Kier molecular flexibility index (Phi) is 7.52. The molecule has 30 heavy (non-hydrogen) atoms. The summed E-state index contributed by atoms with van der Waals surface area (Å²) < 4.78 is 7.30. The highest BCUT2D eigenvalue weighted by molar-refractivity contribution is 7.99. The summed E-state index contributed by atoms with van der Waals surface area (Å²) >= 11 is 1.40. The van der Waals surface area contributed by atoms with Crippen molar-refractivity contribution in [2.24, 2.45) is 7.05 Å². The molecule has 158 valence electrons. The Hall–Kier alpha value is -2.80. The summed E-state index contributed by atoms with van der Waals surface area (Å²) in [7, 11) is 3.65. The first-order valence-corrected chi connectivity index (χ1v) is 11.0. The fourth-order valence-corrected chi connectivity index (χ4v) is 3.99. The van der Waals surface area contributed by atoms with Gasteiger partial charge in [-0.3, -0.25) is 4.79 Å². The zero-order valence-electron chi connectivity index (χ0n) is 17.9. The van der Waals surface area contributed by atoms with E-state index in [1.807, 2.05) is 48.9 Å². The van der Waals surface area contributed by atoms with Crippen LogP contribution in [-0.2, 0) is 24.7 Å². The van der Waals surface area contributed by atoms with Crippen LogP contribution < -0.4 is 10.1 Å². The van der Waals surface area contributed by atoms with Crippen molar-refractivity contribution in [1.29, 1.82) is 0 Å². The molecule has 3 rings (SSSR count). The maximum absolute atomic E-state index is 12.3. The zero-order valence-corrected chi connectivity index (χ0v) is 18.8. The molecule has 0 saturated carbocycles. The van der Waals surface area contributed by atoms with Crippen molar-refractivity contribution >= 4 is 23.4 Å². The first-order valence-electron chi connectivity index (χ1n) is 9.98. The second-order valence-corrected chi connectivity index (χ2v) is 8.21. The molecule has 0 aliphatic rings. The van der Waals surface area contributed by atoms with Crippen molar-refractivity contribution in [3.63, 3.8) is 0 Å². The molecule has 1 N–H and O–H groups in total. The standard InChI is InChI=1S/C23H28N4O2S/c1-16-8-5-6-10-19(16)24-22(28)15-30-23-26-25-21(27(23)3)11-7-9-18-12-13-20(29-4)17(2)14-18/h5-6,8,10,12-14H,7,9,11,15H2,1-4H3,(H,24,28). The Bertz CT molecular complexity index is 1020. The van der Waals surface area contributed by atoms with Gasteiger partial charge in [0, 0.05) is 19.2 Å². The van der Waals surface area contributed by atoms with Crippen LogP contribution >= 0.6 is 11.8 Å². The van der Waals surface area contributed by atoms with Crippen LogP contribution in [0.25, 0.3) is 0 Å². The van der Waals surface area contributed by atoms with Crippen LogP contribution in [-0.4, -0.2) is 33.5 Å². The number of nitrogens with zero attached hydrogens (tertiary/aromatic N) is 3. The van der Waals surface area contributed by atoms with E-state index >= 15 is 0 Å². The molecule has 0 aliphatic carbocycles. The number of aromatic nitrogens is 3. The van der Waals surface area contributed by atoms with Gasteiger partial charge in [0.25, 0.3) is 0 Å². The van der Waals surface area contributed by atoms with E-state index < -0.39 is 0 Å². The fourth-order valence-electron chi connectivity index (χ4n) is 3.26. The molecule has 0 fully saturated rings. The molecule has 0 spiro atoms. The number of nitrogens with one attached hydrogen (secondary N) is 1. The predicted molar refractivity (Wildman–Crippen MR) is 121 cm³/mol. The zero-order chi connectivity index (χ0) is 21.5.